The Hall–Kier alpha value is -0.770. The van der Waals surface area contributed by atoms with E-state index in [2.05, 4.69) is 5.32 Å². The summed E-state index contributed by atoms with van der Waals surface area (Å²) in [4.78, 5) is 0. The molecule has 0 saturated carbocycles. The first-order valence-electron chi connectivity index (χ1n) is 4.93. The Morgan fingerprint density at radius 3 is 2.73 bits per heavy atom. The highest BCUT2D eigenvalue weighted by molar-refractivity contribution is 5.42. The van der Waals surface area contributed by atoms with Crippen LogP contribution in [0.15, 0.2) is 12.1 Å². The second kappa shape index (κ2) is 4.39. The van der Waals surface area contributed by atoms with Crippen LogP contribution < -0.4 is 17.7 Å². The first-order valence-corrected chi connectivity index (χ1v) is 4.93. The fourth-order valence-corrected chi connectivity index (χ4v) is 1.95. The van der Waals surface area contributed by atoms with Crippen molar-refractivity contribution in [3.05, 3.63) is 28.8 Å². The van der Waals surface area contributed by atoms with E-state index in [4.69, 9.17) is 0 Å². The predicted molar refractivity (Wildman–Crippen MR) is 52.9 cm³/mol. The van der Waals surface area contributed by atoms with Crippen molar-refractivity contribution in [2.24, 2.45) is 0 Å². The van der Waals surface area contributed by atoms with Gasteiger partial charge in [-0.2, -0.15) is 0 Å². The molecule has 0 aliphatic carbocycles. The highest BCUT2D eigenvalue weighted by Gasteiger charge is 2.28. The van der Waals surface area contributed by atoms with Crippen LogP contribution in [0.1, 0.15) is 29.7 Å². The van der Waals surface area contributed by atoms with Gasteiger partial charge in [0.25, 0.3) is 0 Å². The number of phenols is 1. The van der Waals surface area contributed by atoms with Gasteiger partial charge in [-0.25, -0.2) is 0 Å². The molecule has 2 atom stereocenters. The van der Waals surface area contributed by atoms with Gasteiger partial charge in [0.05, 0.1) is 0 Å². The fraction of sp³-hybridized carbons (Fsp3) is 0.455. The van der Waals surface area contributed by atoms with E-state index >= 15 is 0 Å². The van der Waals surface area contributed by atoms with Crippen molar-refractivity contribution in [1.82, 2.24) is 0 Å². The summed E-state index contributed by atoms with van der Waals surface area (Å²) in [6.45, 7) is 4.75. The minimum atomic E-state index is -0.467. The summed E-state index contributed by atoms with van der Waals surface area (Å²) in [5.41, 5.74) is 2.88. The summed E-state index contributed by atoms with van der Waals surface area (Å²) in [6, 6.07) is 3.82. The first-order chi connectivity index (χ1) is 6.59. The number of aromatic hydroxyl groups is 1. The first kappa shape index (κ1) is 12.3. The number of aliphatic hydroxyl groups excluding tert-OH is 1. The molecule has 84 valence electrons. The zero-order valence-electron chi connectivity index (χ0n) is 8.87. The second-order valence-corrected chi connectivity index (χ2v) is 4.08. The Morgan fingerprint density at radius 2 is 2.07 bits per heavy atom. The van der Waals surface area contributed by atoms with Crippen LogP contribution >= 0.6 is 0 Å². The molecule has 0 saturated heterocycles. The third-order valence-corrected chi connectivity index (χ3v) is 2.98. The quantitative estimate of drug-likeness (QED) is 0.450. The second-order valence-electron chi connectivity index (χ2n) is 4.08. The van der Waals surface area contributed by atoms with E-state index in [1.54, 1.807) is 6.07 Å². The van der Waals surface area contributed by atoms with Crippen LogP contribution in [0.25, 0.3) is 0 Å². The number of benzene rings is 1. The number of hydrogen-bond donors (Lipinski definition) is 3. The molecule has 4 heteroatoms. The Labute approximate surface area is 95.5 Å². The molecule has 1 aliphatic rings. The van der Waals surface area contributed by atoms with Gasteiger partial charge >= 0.3 is 0 Å². The van der Waals surface area contributed by atoms with Gasteiger partial charge in [0.1, 0.15) is 24.4 Å². The van der Waals surface area contributed by atoms with Gasteiger partial charge in [-0.3, -0.25) is 0 Å². The molecule has 3 nitrogen and oxygen atoms in total. The lowest BCUT2D eigenvalue weighted by atomic mass is 9.92. The molecule has 2 rings (SSSR count). The van der Waals surface area contributed by atoms with Crippen LogP contribution in [-0.4, -0.2) is 16.3 Å². The normalized spacial score (nSPS) is 24.2. The number of fused-ring (bicyclic) bond motifs is 1. The zero-order valence-corrected chi connectivity index (χ0v) is 9.62. The van der Waals surface area contributed by atoms with Crippen molar-refractivity contribution in [2.45, 2.75) is 32.5 Å². The van der Waals surface area contributed by atoms with Crippen molar-refractivity contribution in [1.29, 1.82) is 0 Å². The number of phenolic OH excluding ortho intramolecular Hbond substituents is 1. The molecule has 0 spiro atoms. The summed E-state index contributed by atoms with van der Waals surface area (Å²) < 4.78 is 0. The standard InChI is InChI=1S/C11H15NO2.ClH/c1-6-3-8-5-12-7(2)11(14)9(8)4-10(6)13;/h3-4,7,11-14H,5H2,1-2H3;1H. The summed E-state index contributed by atoms with van der Waals surface area (Å²) in [5.74, 6) is 0.275. The topological polar surface area (TPSA) is 57.1 Å². The number of hydrogen-bond acceptors (Lipinski definition) is 2. The van der Waals surface area contributed by atoms with Crippen molar-refractivity contribution in [3.8, 4) is 5.75 Å². The Bertz CT molecular complexity index is 368. The van der Waals surface area contributed by atoms with E-state index in [9.17, 15) is 10.2 Å². The maximum atomic E-state index is 9.90. The van der Waals surface area contributed by atoms with E-state index in [1.165, 1.54) is 0 Å². The molecule has 1 aromatic rings. The van der Waals surface area contributed by atoms with Gasteiger partial charge in [-0.1, -0.05) is 0 Å². The van der Waals surface area contributed by atoms with Gasteiger partial charge in [0.15, 0.2) is 0 Å². The molecular formula is C11H16ClNO2. The number of rotatable bonds is 0. The SMILES string of the molecule is Cc1cc2c(cc1O)C(O)C(C)[NH2+]C2.[Cl-]. The summed E-state index contributed by atoms with van der Waals surface area (Å²) >= 11 is 0. The molecular weight excluding hydrogens is 214 g/mol. The van der Waals surface area contributed by atoms with Crippen molar-refractivity contribution < 1.29 is 27.9 Å². The van der Waals surface area contributed by atoms with E-state index in [0.29, 0.717) is 0 Å². The average Bonchev–Trinajstić information content (AvgIpc) is 2.15. The van der Waals surface area contributed by atoms with E-state index in [-0.39, 0.29) is 24.2 Å². The van der Waals surface area contributed by atoms with Crippen LogP contribution in [0.4, 0.5) is 0 Å². The van der Waals surface area contributed by atoms with Gasteiger partial charge in [-0.15, -0.1) is 0 Å². The number of aliphatic hydroxyl groups is 1. The molecule has 15 heavy (non-hydrogen) atoms. The molecule has 0 fully saturated rings. The van der Waals surface area contributed by atoms with Gasteiger partial charge < -0.3 is 27.9 Å². The van der Waals surface area contributed by atoms with E-state index in [1.807, 2.05) is 19.9 Å². The van der Waals surface area contributed by atoms with Crippen LogP contribution in [0.3, 0.4) is 0 Å². The van der Waals surface area contributed by atoms with Crippen LogP contribution in [0.5, 0.6) is 5.75 Å². The summed E-state index contributed by atoms with van der Waals surface area (Å²) in [7, 11) is 0. The largest absolute Gasteiger partial charge is 1.00 e. The van der Waals surface area contributed by atoms with Crippen LogP contribution in [0, 0.1) is 6.92 Å². The van der Waals surface area contributed by atoms with E-state index < -0.39 is 6.10 Å². The number of aryl methyl sites for hydroxylation is 1. The highest BCUT2D eigenvalue weighted by Crippen LogP contribution is 2.28. The smallest absolute Gasteiger partial charge is 0.131 e. The van der Waals surface area contributed by atoms with Gasteiger partial charge in [-0.05, 0) is 37.1 Å². The molecule has 0 bridgehead atoms. The van der Waals surface area contributed by atoms with E-state index in [0.717, 1.165) is 23.2 Å². The lowest BCUT2D eigenvalue weighted by molar-refractivity contribution is -0.713. The third kappa shape index (κ3) is 2.09. The maximum absolute atomic E-state index is 9.90. The Morgan fingerprint density at radius 1 is 1.40 bits per heavy atom. The molecule has 1 heterocycles. The highest BCUT2D eigenvalue weighted by atomic mass is 35.5. The summed E-state index contributed by atoms with van der Waals surface area (Å²) in [6.07, 6.45) is -0.467. The lowest BCUT2D eigenvalue weighted by Gasteiger charge is -2.26. The molecule has 0 aromatic heterocycles. The van der Waals surface area contributed by atoms with Gasteiger partial charge in [0, 0.05) is 5.56 Å². The molecule has 1 aromatic carbocycles. The van der Waals surface area contributed by atoms with Crippen molar-refractivity contribution >= 4 is 0 Å². The third-order valence-electron chi connectivity index (χ3n) is 2.98. The maximum Gasteiger partial charge on any atom is 0.131 e. The number of quaternary nitrogens is 1. The Kier molecular flexibility index (Phi) is 3.60. The monoisotopic (exact) mass is 229 g/mol. The van der Waals surface area contributed by atoms with Crippen LogP contribution in [0.2, 0.25) is 0 Å². The minimum absolute atomic E-state index is 0. The van der Waals surface area contributed by atoms with Gasteiger partial charge in [0.2, 0.25) is 0 Å². The summed E-state index contributed by atoms with van der Waals surface area (Å²) in [5, 5.41) is 21.6. The Balaban J connectivity index is 0.00000112. The number of nitrogens with two attached hydrogens (primary N) is 1. The van der Waals surface area contributed by atoms with Crippen LogP contribution in [-0.2, 0) is 6.54 Å². The average molecular weight is 230 g/mol. The van der Waals surface area contributed by atoms with Crippen molar-refractivity contribution in [2.75, 3.05) is 0 Å². The predicted octanol–water partition coefficient (Wildman–Crippen LogP) is -2.80. The molecule has 0 radical (unpaired) electrons. The molecule has 2 unspecified atom stereocenters. The lowest BCUT2D eigenvalue weighted by Crippen LogP contribution is -3.00. The zero-order chi connectivity index (χ0) is 10.3. The van der Waals surface area contributed by atoms with Crippen molar-refractivity contribution in [3.63, 3.8) is 0 Å². The number of halogens is 1. The minimum Gasteiger partial charge on any atom is -1.00 e. The molecule has 0 amide bonds. The fourth-order valence-electron chi connectivity index (χ4n) is 1.95. The molecule has 1 aliphatic heterocycles. The molecule has 4 N–H and O–H groups in total.